The van der Waals surface area contributed by atoms with Crippen LogP contribution in [-0.4, -0.2) is 42.8 Å². The average molecular weight is 171 g/mol. The van der Waals surface area contributed by atoms with Crippen molar-refractivity contribution in [1.29, 1.82) is 0 Å². The van der Waals surface area contributed by atoms with Gasteiger partial charge in [-0.15, -0.1) is 0 Å². The Morgan fingerprint density at radius 3 is 3.00 bits per heavy atom. The fraction of sp³-hybridized carbons (Fsp3) is 1.00. The number of piperidine rings is 1. The summed E-state index contributed by atoms with van der Waals surface area (Å²) in [6.45, 7) is 0.649. The van der Waals surface area contributed by atoms with Gasteiger partial charge in [0.1, 0.15) is 12.9 Å². The highest BCUT2D eigenvalue weighted by Crippen LogP contribution is 2.41. The Balaban J connectivity index is 1.83. The minimum atomic E-state index is 0.216. The molecule has 1 aliphatic carbocycles. The summed E-state index contributed by atoms with van der Waals surface area (Å²) in [4.78, 5) is 0. The number of fused-ring (bicyclic) bond motifs is 5. The van der Waals surface area contributed by atoms with Gasteiger partial charge in [-0.05, 0) is 6.42 Å². The predicted octanol–water partition coefficient (Wildman–Crippen LogP) is -0.919. The zero-order valence-electron chi connectivity index (χ0n) is 6.77. The molecule has 0 amide bonds. The lowest BCUT2D eigenvalue weighted by atomic mass is 9.97. The first-order valence-corrected chi connectivity index (χ1v) is 4.50. The van der Waals surface area contributed by atoms with E-state index in [2.05, 4.69) is 5.32 Å². The molecule has 3 rings (SSSR count). The predicted molar refractivity (Wildman–Crippen MR) is 40.5 cm³/mol. The van der Waals surface area contributed by atoms with Crippen molar-refractivity contribution < 1.29 is 14.6 Å². The summed E-state index contributed by atoms with van der Waals surface area (Å²) < 4.78 is 10.9. The van der Waals surface area contributed by atoms with Crippen LogP contribution in [0.4, 0.5) is 0 Å². The highest BCUT2D eigenvalue weighted by molar-refractivity contribution is 5.09. The molecular formula is C8H13NO3. The van der Waals surface area contributed by atoms with Crippen LogP contribution in [0.1, 0.15) is 6.42 Å². The molecule has 2 N–H and O–H groups in total. The maximum Gasteiger partial charge on any atom is 0.147 e. The van der Waals surface area contributed by atoms with E-state index in [1.807, 2.05) is 0 Å². The number of ether oxygens (including phenoxy) is 2. The van der Waals surface area contributed by atoms with Crippen molar-refractivity contribution in [1.82, 2.24) is 5.32 Å². The average Bonchev–Trinajstić information content (AvgIpc) is 2.75. The van der Waals surface area contributed by atoms with Crippen LogP contribution < -0.4 is 5.32 Å². The van der Waals surface area contributed by atoms with Gasteiger partial charge in [0.25, 0.3) is 0 Å². The molecule has 0 aromatic heterocycles. The van der Waals surface area contributed by atoms with E-state index in [0.717, 1.165) is 6.42 Å². The molecule has 1 saturated carbocycles. The van der Waals surface area contributed by atoms with Gasteiger partial charge in [0.15, 0.2) is 0 Å². The number of hydrogen-bond donors (Lipinski definition) is 2. The molecule has 4 heteroatoms. The van der Waals surface area contributed by atoms with Crippen molar-refractivity contribution in [3.05, 3.63) is 0 Å². The van der Waals surface area contributed by atoms with E-state index < -0.39 is 0 Å². The van der Waals surface area contributed by atoms with Crippen LogP contribution in [0.5, 0.6) is 0 Å². The van der Waals surface area contributed by atoms with E-state index in [9.17, 15) is 0 Å². The van der Waals surface area contributed by atoms with Gasteiger partial charge in [-0.25, -0.2) is 0 Å². The van der Waals surface area contributed by atoms with Crippen LogP contribution >= 0.6 is 0 Å². The van der Waals surface area contributed by atoms with Gasteiger partial charge in [-0.3, -0.25) is 0 Å². The zero-order chi connectivity index (χ0) is 8.13. The third-order valence-corrected chi connectivity index (χ3v) is 3.33. The van der Waals surface area contributed by atoms with Gasteiger partial charge in [0, 0.05) is 18.0 Å². The summed E-state index contributed by atoms with van der Waals surface area (Å²) in [6.07, 6.45) is 1.59. The molecule has 4 nitrogen and oxygen atoms in total. The molecule has 0 radical (unpaired) electrons. The quantitative estimate of drug-likeness (QED) is 0.536. The second kappa shape index (κ2) is 2.42. The number of rotatable bonds is 1. The first-order chi connectivity index (χ1) is 5.90. The van der Waals surface area contributed by atoms with Crippen LogP contribution in [0.2, 0.25) is 0 Å². The largest absolute Gasteiger partial charge is 0.395 e. The van der Waals surface area contributed by atoms with Crippen molar-refractivity contribution in [3.63, 3.8) is 0 Å². The fourth-order valence-electron chi connectivity index (χ4n) is 2.80. The number of nitrogens with one attached hydrogen (secondary N) is 1. The monoisotopic (exact) mass is 171 g/mol. The lowest BCUT2D eigenvalue weighted by molar-refractivity contribution is 0.0188. The van der Waals surface area contributed by atoms with Gasteiger partial charge < -0.3 is 19.9 Å². The first-order valence-electron chi connectivity index (χ1n) is 4.50. The summed E-state index contributed by atoms with van der Waals surface area (Å²) in [5.74, 6) is 0.465. The van der Waals surface area contributed by atoms with Crippen molar-refractivity contribution >= 4 is 0 Å². The van der Waals surface area contributed by atoms with Crippen molar-refractivity contribution in [2.24, 2.45) is 5.92 Å². The Morgan fingerprint density at radius 1 is 1.33 bits per heavy atom. The van der Waals surface area contributed by atoms with E-state index in [-0.39, 0.29) is 24.9 Å². The molecular weight excluding hydrogens is 158 g/mol. The molecule has 12 heavy (non-hydrogen) atoms. The summed E-state index contributed by atoms with van der Waals surface area (Å²) in [7, 11) is 0. The molecule has 0 spiro atoms. The van der Waals surface area contributed by atoms with Gasteiger partial charge in [-0.2, -0.15) is 0 Å². The standard InChI is InChI=1S/C8H13NO3/c10-2-6-4-1-5(9-6)8-7(4)11-3-12-8/h4-10H,1-3H2/t4-,5-,6+,7-,8+/m1/s1. The molecule has 5 atom stereocenters. The van der Waals surface area contributed by atoms with Gasteiger partial charge in [-0.1, -0.05) is 0 Å². The highest BCUT2D eigenvalue weighted by atomic mass is 16.7. The van der Waals surface area contributed by atoms with E-state index in [4.69, 9.17) is 14.6 Å². The normalized spacial score (nSPS) is 56.2. The lowest BCUT2D eigenvalue weighted by Crippen LogP contribution is -2.51. The maximum absolute atomic E-state index is 9.05. The minimum absolute atomic E-state index is 0.216. The molecule has 0 aromatic rings. The van der Waals surface area contributed by atoms with Crippen molar-refractivity contribution in [3.8, 4) is 0 Å². The molecule has 2 aliphatic heterocycles. The van der Waals surface area contributed by atoms with E-state index in [1.165, 1.54) is 0 Å². The lowest BCUT2D eigenvalue weighted by Gasteiger charge is -2.28. The first kappa shape index (κ1) is 7.26. The van der Waals surface area contributed by atoms with Crippen molar-refractivity contribution in [2.45, 2.75) is 30.7 Å². The molecule has 0 aromatic carbocycles. The molecule has 3 aliphatic rings. The van der Waals surface area contributed by atoms with Crippen LogP contribution in [-0.2, 0) is 9.47 Å². The summed E-state index contributed by atoms with van der Waals surface area (Å²) in [6, 6.07) is 0.651. The van der Waals surface area contributed by atoms with E-state index in [0.29, 0.717) is 18.8 Å². The SMILES string of the molecule is OC[C@@H]1N[C@@H]2C[C@H]1[C@H]1OCO[C@H]12. The van der Waals surface area contributed by atoms with Crippen LogP contribution in [0.25, 0.3) is 0 Å². The Kier molecular flexibility index (Phi) is 1.46. The van der Waals surface area contributed by atoms with E-state index >= 15 is 0 Å². The van der Waals surface area contributed by atoms with Crippen LogP contribution in [0.3, 0.4) is 0 Å². The Labute approximate surface area is 70.8 Å². The third kappa shape index (κ3) is 0.758. The van der Waals surface area contributed by atoms with Gasteiger partial charge in [0.05, 0.1) is 12.7 Å². The topological polar surface area (TPSA) is 50.7 Å². The second-order valence-corrected chi connectivity index (χ2v) is 3.84. The Bertz CT molecular complexity index is 197. The molecule has 2 saturated heterocycles. The number of hydrogen-bond acceptors (Lipinski definition) is 4. The zero-order valence-corrected chi connectivity index (χ0v) is 6.77. The maximum atomic E-state index is 9.05. The Hall–Kier alpha value is -0.160. The summed E-state index contributed by atoms with van der Waals surface area (Å²) >= 11 is 0. The fourth-order valence-corrected chi connectivity index (χ4v) is 2.80. The second-order valence-electron chi connectivity index (χ2n) is 3.84. The number of aliphatic hydroxyl groups is 1. The van der Waals surface area contributed by atoms with E-state index in [1.54, 1.807) is 0 Å². The smallest absolute Gasteiger partial charge is 0.147 e. The Morgan fingerprint density at radius 2 is 2.17 bits per heavy atom. The van der Waals surface area contributed by atoms with Crippen LogP contribution in [0.15, 0.2) is 0 Å². The molecule has 0 unspecified atom stereocenters. The minimum Gasteiger partial charge on any atom is -0.395 e. The van der Waals surface area contributed by atoms with Crippen LogP contribution in [0, 0.1) is 5.92 Å². The van der Waals surface area contributed by atoms with Gasteiger partial charge in [0.2, 0.25) is 0 Å². The third-order valence-electron chi connectivity index (χ3n) is 3.33. The molecule has 3 fully saturated rings. The molecule has 2 bridgehead atoms. The molecule has 68 valence electrons. The summed E-state index contributed by atoms with van der Waals surface area (Å²) in [5, 5.41) is 12.4. The summed E-state index contributed by atoms with van der Waals surface area (Å²) in [5.41, 5.74) is 0. The molecule has 2 heterocycles. The highest BCUT2D eigenvalue weighted by Gasteiger charge is 2.55. The van der Waals surface area contributed by atoms with Crippen molar-refractivity contribution in [2.75, 3.05) is 13.4 Å². The number of aliphatic hydroxyl groups excluding tert-OH is 1. The van der Waals surface area contributed by atoms with Gasteiger partial charge >= 0.3 is 0 Å².